The number of thioether (sulfide) groups is 1. The van der Waals surface area contributed by atoms with Crippen LogP contribution in [0.5, 0.6) is 0 Å². The average Bonchev–Trinajstić information content (AvgIpc) is 2.73. The van der Waals surface area contributed by atoms with Crippen molar-refractivity contribution in [1.29, 1.82) is 0 Å². The first-order valence-corrected chi connectivity index (χ1v) is 6.64. The van der Waals surface area contributed by atoms with Gasteiger partial charge in [0.15, 0.2) is 0 Å². The quantitative estimate of drug-likeness (QED) is 0.512. The van der Waals surface area contributed by atoms with Crippen LogP contribution in [-0.4, -0.2) is 11.5 Å². The maximum absolute atomic E-state index is 4.11. The summed E-state index contributed by atoms with van der Waals surface area (Å²) in [7, 11) is 0. The van der Waals surface area contributed by atoms with Crippen molar-refractivity contribution < 1.29 is 0 Å². The molecule has 1 nitrogen and oxygen atoms in total. The normalized spacial score (nSPS) is 25.5. The molecular weight excluding hydrogens is 226 g/mol. The summed E-state index contributed by atoms with van der Waals surface area (Å²) in [4.78, 5) is 4.11. The van der Waals surface area contributed by atoms with Gasteiger partial charge in [0.2, 0.25) is 0 Å². The maximum atomic E-state index is 4.11. The van der Waals surface area contributed by atoms with E-state index in [1.54, 1.807) is 6.20 Å². The van der Waals surface area contributed by atoms with Gasteiger partial charge in [0.05, 0.1) is 0 Å². The van der Waals surface area contributed by atoms with E-state index in [1.165, 1.54) is 0 Å². The first-order valence-electron chi connectivity index (χ1n) is 5.70. The van der Waals surface area contributed by atoms with Crippen LogP contribution in [0.4, 0.5) is 0 Å². The van der Waals surface area contributed by atoms with Crippen molar-refractivity contribution >= 4 is 18.0 Å². The van der Waals surface area contributed by atoms with Gasteiger partial charge in [-0.25, -0.2) is 0 Å². The molecule has 1 rings (SSSR count). The van der Waals surface area contributed by atoms with Gasteiger partial charge < -0.3 is 0 Å². The SMILES string of the molecule is C=CN=CC(=C/C1C=CSC1C)/C(C=C)=C\C. The minimum Gasteiger partial charge on any atom is -0.265 e. The Labute approximate surface area is 108 Å². The van der Waals surface area contributed by atoms with E-state index in [1.807, 2.05) is 37.1 Å². The van der Waals surface area contributed by atoms with Crippen molar-refractivity contribution in [2.45, 2.75) is 19.1 Å². The highest BCUT2D eigenvalue weighted by Gasteiger charge is 2.17. The standard InChI is InChI=1S/C15H19NS/c1-5-13(6-2)15(11-16-7-3)10-14-8-9-17-12(14)4/h5-12,14H,1,3H2,2,4H3/b13-6-,15-10-,16-11?. The lowest BCUT2D eigenvalue weighted by atomic mass is 9.98. The van der Waals surface area contributed by atoms with E-state index in [-0.39, 0.29) is 0 Å². The fraction of sp³-hybridized carbons (Fsp3) is 0.267. The molecule has 1 heterocycles. The van der Waals surface area contributed by atoms with Crippen molar-refractivity contribution in [3.05, 3.63) is 60.2 Å². The number of nitrogens with zero attached hydrogens (tertiary/aromatic N) is 1. The summed E-state index contributed by atoms with van der Waals surface area (Å²) in [5, 5.41) is 2.75. The number of rotatable bonds is 5. The molecule has 0 spiro atoms. The Bertz CT molecular complexity index is 399. The summed E-state index contributed by atoms with van der Waals surface area (Å²) in [5.41, 5.74) is 2.21. The molecule has 2 atom stereocenters. The zero-order valence-electron chi connectivity index (χ0n) is 10.5. The second-order valence-electron chi connectivity index (χ2n) is 3.78. The average molecular weight is 245 g/mol. The van der Waals surface area contributed by atoms with E-state index in [2.05, 4.69) is 42.6 Å². The predicted octanol–water partition coefficient (Wildman–Crippen LogP) is 4.52. The molecule has 0 fully saturated rings. The second-order valence-corrected chi connectivity index (χ2v) is 5.07. The first kappa shape index (κ1) is 13.8. The van der Waals surface area contributed by atoms with E-state index in [4.69, 9.17) is 0 Å². The Morgan fingerprint density at radius 2 is 2.12 bits per heavy atom. The van der Waals surface area contributed by atoms with Gasteiger partial charge in [0.25, 0.3) is 0 Å². The summed E-state index contributed by atoms with van der Waals surface area (Å²) in [6.45, 7) is 11.7. The largest absolute Gasteiger partial charge is 0.265 e. The van der Waals surface area contributed by atoms with Crippen molar-refractivity contribution in [2.24, 2.45) is 10.9 Å². The molecule has 0 N–H and O–H groups in total. The molecular formula is C15H19NS. The monoisotopic (exact) mass is 245 g/mol. The van der Waals surface area contributed by atoms with Crippen LogP contribution in [0, 0.1) is 5.92 Å². The summed E-state index contributed by atoms with van der Waals surface area (Å²) < 4.78 is 0. The Morgan fingerprint density at radius 1 is 1.35 bits per heavy atom. The Kier molecular flexibility index (Phi) is 5.78. The highest BCUT2D eigenvalue weighted by atomic mass is 32.2. The van der Waals surface area contributed by atoms with Crippen LogP contribution in [0.3, 0.4) is 0 Å². The lowest BCUT2D eigenvalue weighted by Gasteiger charge is -2.11. The summed E-state index contributed by atoms with van der Waals surface area (Å²) in [5.74, 6) is 0.459. The molecule has 2 unspecified atom stereocenters. The van der Waals surface area contributed by atoms with E-state index in [0.717, 1.165) is 11.1 Å². The minimum atomic E-state index is 0.459. The number of allylic oxidation sites excluding steroid dienone is 6. The van der Waals surface area contributed by atoms with Gasteiger partial charge in [-0.2, -0.15) is 0 Å². The van der Waals surface area contributed by atoms with Crippen LogP contribution < -0.4 is 0 Å². The highest BCUT2D eigenvalue weighted by Crippen LogP contribution is 2.31. The molecule has 90 valence electrons. The molecule has 0 aromatic carbocycles. The molecule has 2 heteroatoms. The lowest BCUT2D eigenvalue weighted by Crippen LogP contribution is -2.05. The molecule has 0 aliphatic carbocycles. The van der Waals surface area contributed by atoms with Crippen LogP contribution in [-0.2, 0) is 0 Å². The van der Waals surface area contributed by atoms with Gasteiger partial charge in [-0.1, -0.05) is 44.4 Å². The fourth-order valence-corrected chi connectivity index (χ4v) is 2.53. The van der Waals surface area contributed by atoms with Crippen LogP contribution >= 0.6 is 11.8 Å². The van der Waals surface area contributed by atoms with Crippen molar-refractivity contribution in [2.75, 3.05) is 0 Å². The molecule has 1 aliphatic rings. The second kappa shape index (κ2) is 7.13. The van der Waals surface area contributed by atoms with Crippen LogP contribution in [0.2, 0.25) is 0 Å². The van der Waals surface area contributed by atoms with E-state index < -0.39 is 0 Å². The Morgan fingerprint density at radius 3 is 2.59 bits per heavy atom. The zero-order chi connectivity index (χ0) is 12.7. The topological polar surface area (TPSA) is 12.4 Å². The lowest BCUT2D eigenvalue weighted by molar-refractivity contribution is 0.807. The van der Waals surface area contributed by atoms with E-state index in [9.17, 15) is 0 Å². The summed E-state index contributed by atoms with van der Waals surface area (Å²) in [6.07, 6.45) is 11.8. The van der Waals surface area contributed by atoms with Crippen LogP contribution in [0.1, 0.15) is 13.8 Å². The van der Waals surface area contributed by atoms with Crippen molar-refractivity contribution in [3.8, 4) is 0 Å². The molecule has 17 heavy (non-hydrogen) atoms. The predicted molar refractivity (Wildman–Crippen MR) is 80.4 cm³/mol. The molecule has 0 saturated carbocycles. The molecule has 0 radical (unpaired) electrons. The third-order valence-electron chi connectivity index (χ3n) is 2.69. The van der Waals surface area contributed by atoms with Crippen molar-refractivity contribution in [1.82, 2.24) is 0 Å². The molecule has 0 aromatic heterocycles. The Balaban J connectivity index is 3.00. The van der Waals surface area contributed by atoms with Crippen LogP contribution in [0.25, 0.3) is 0 Å². The van der Waals surface area contributed by atoms with Gasteiger partial charge in [-0.3, -0.25) is 4.99 Å². The van der Waals surface area contributed by atoms with E-state index in [0.29, 0.717) is 11.2 Å². The molecule has 0 aromatic rings. The highest BCUT2D eigenvalue weighted by molar-refractivity contribution is 8.03. The molecule has 0 bridgehead atoms. The van der Waals surface area contributed by atoms with Gasteiger partial charge in [0, 0.05) is 23.6 Å². The van der Waals surface area contributed by atoms with Gasteiger partial charge in [-0.15, -0.1) is 11.8 Å². The van der Waals surface area contributed by atoms with Gasteiger partial charge >= 0.3 is 0 Å². The molecule has 1 aliphatic heterocycles. The van der Waals surface area contributed by atoms with Crippen molar-refractivity contribution in [3.63, 3.8) is 0 Å². The minimum absolute atomic E-state index is 0.459. The van der Waals surface area contributed by atoms with Crippen LogP contribution in [0.15, 0.2) is 65.2 Å². The van der Waals surface area contributed by atoms with E-state index >= 15 is 0 Å². The maximum Gasteiger partial charge on any atom is 0.0342 e. The first-order chi connectivity index (χ1) is 8.22. The fourth-order valence-electron chi connectivity index (χ4n) is 1.65. The van der Waals surface area contributed by atoms with Gasteiger partial charge in [0.1, 0.15) is 0 Å². The summed E-state index contributed by atoms with van der Waals surface area (Å²) >= 11 is 1.86. The number of aliphatic imine (C=N–C) groups is 1. The molecule has 0 saturated heterocycles. The third kappa shape index (κ3) is 3.90. The van der Waals surface area contributed by atoms with Gasteiger partial charge in [-0.05, 0) is 23.5 Å². The zero-order valence-corrected chi connectivity index (χ0v) is 11.3. The molecule has 0 amide bonds. The smallest absolute Gasteiger partial charge is 0.0342 e. The summed E-state index contributed by atoms with van der Waals surface area (Å²) in [6, 6.07) is 0. The third-order valence-corrected chi connectivity index (χ3v) is 3.75. The Hall–Kier alpha value is -1.28. The number of hydrogen-bond acceptors (Lipinski definition) is 2. The number of hydrogen-bond donors (Lipinski definition) is 0.